The summed E-state index contributed by atoms with van der Waals surface area (Å²) in [5.74, 6) is 0.551. The molecular formula is C18H14Br2ClNO2. The molecular weight excluding hydrogens is 457 g/mol. The van der Waals surface area contributed by atoms with Gasteiger partial charge in [0, 0.05) is 19.4 Å². The van der Waals surface area contributed by atoms with Gasteiger partial charge in [-0.3, -0.25) is 9.36 Å². The molecule has 1 heterocycles. The second-order valence-corrected chi connectivity index (χ2v) is 7.40. The van der Waals surface area contributed by atoms with E-state index in [1.165, 1.54) is 0 Å². The van der Waals surface area contributed by atoms with Crippen LogP contribution in [0.4, 0.5) is 0 Å². The predicted octanol–water partition coefficient (Wildman–Crippen LogP) is 6.22. The molecule has 0 saturated carbocycles. The molecule has 0 aliphatic heterocycles. The number of fused-ring (bicyclic) bond motifs is 1. The van der Waals surface area contributed by atoms with Crippen molar-refractivity contribution in [2.45, 2.75) is 13.8 Å². The fourth-order valence-corrected chi connectivity index (χ4v) is 4.21. The summed E-state index contributed by atoms with van der Waals surface area (Å²) in [6.45, 7) is 4.30. The highest BCUT2D eigenvalue weighted by atomic mass is 79.9. The third kappa shape index (κ3) is 2.89. The van der Waals surface area contributed by atoms with Crippen LogP contribution in [0.1, 0.15) is 23.0 Å². The van der Waals surface area contributed by atoms with E-state index in [2.05, 4.69) is 31.9 Å². The molecule has 0 unspecified atom stereocenters. The molecule has 0 N–H and O–H groups in total. The van der Waals surface area contributed by atoms with Crippen molar-refractivity contribution in [2.75, 3.05) is 6.61 Å². The SMILES string of the molecule is CCOc1c(C)n(C(=O)c2ccccc2Br)c2c(Br)cc(Cl)cc12. The molecule has 0 aliphatic rings. The monoisotopic (exact) mass is 469 g/mol. The first-order chi connectivity index (χ1) is 11.5. The van der Waals surface area contributed by atoms with Crippen molar-refractivity contribution < 1.29 is 9.53 Å². The van der Waals surface area contributed by atoms with Gasteiger partial charge in [0.15, 0.2) is 0 Å². The molecule has 0 fully saturated rings. The van der Waals surface area contributed by atoms with E-state index in [9.17, 15) is 4.79 Å². The third-order valence-corrected chi connectivity index (χ3v) is 5.27. The number of hydrogen-bond acceptors (Lipinski definition) is 2. The molecule has 124 valence electrons. The fraction of sp³-hybridized carbons (Fsp3) is 0.167. The minimum Gasteiger partial charge on any atom is -0.491 e. The lowest BCUT2D eigenvalue weighted by atomic mass is 10.2. The molecule has 0 atom stereocenters. The van der Waals surface area contributed by atoms with E-state index < -0.39 is 0 Å². The lowest BCUT2D eigenvalue weighted by Crippen LogP contribution is -2.14. The van der Waals surface area contributed by atoms with Crippen molar-refractivity contribution in [1.29, 1.82) is 0 Å². The van der Waals surface area contributed by atoms with Crippen LogP contribution in [0.2, 0.25) is 5.02 Å². The first kappa shape index (κ1) is 17.5. The van der Waals surface area contributed by atoms with Gasteiger partial charge in [-0.15, -0.1) is 0 Å². The quantitative estimate of drug-likeness (QED) is 0.454. The van der Waals surface area contributed by atoms with Crippen LogP contribution in [0.15, 0.2) is 45.3 Å². The van der Waals surface area contributed by atoms with Gasteiger partial charge in [0.1, 0.15) is 5.75 Å². The van der Waals surface area contributed by atoms with E-state index in [1.807, 2.05) is 38.1 Å². The smallest absolute Gasteiger partial charge is 0.263 e. The standard InChI is InChI=1S/C18H14Br2ClNO2/c1-3-24-17-10(2)22(16-13(17)8-11(21)9-15(16)20)18(23)12-6-4-5-7-14(12)19/h4-9H,3H2,1-2H3. The van der Waals surface area contributed by atoms with Crippen molar-refractivity contribution in [2.24, 2.45) is 0 Å². The molecule has 0 radical (unpaired) electrons. The summed E-state index contributed by atoms with van der Waals surface area (Å²) in [6, 6.07) is 11.0. The molecule has 1 aromatic heterocycles. The van der Waals surface area contributed by atoms with Crippen molar-refractivity contribution in [3.63, 3.8) is 0 Å². The summed E-state index contributed by atoms with van der Waals surface area (Å²) in [5.41, 5.74) is 2.08. The molecule has 0 aliphatic carbocycles. The molecule has 3 rings (SSSR count). The normalized spacial score (nSPS) is 11.0. The Bertz CT molecular complexity index is 950. The summed E-state index contributed by atoms with van der Waals surface area (Å²) in [4.78, 5) is 13.2. The largest absolute Gasteiger partial charge is 0.491 e. The second-order valence-electron chi connectivity index (χ2n) is 5.25. The van der Waals surface area contributed by atoms with E-state index in [0.29, 0.717) is 22.9 Å². The summed E-state index contributed by atoms with van der Waals surface area (Å²) in [7, 11) is 0. The van der Waals surface area contributed by atoms with Crippen LogP contribution >= 0.6 is 43.5 Å². The molecule has 0 bridgehead atoms. The Hall–Kier alpha value is -1.30. The van der Waals surface area contributed by atoms with Crippen molar-refractivity contribution in [3.8, 4) is 5.75 Å². The van der Waals surface area contributed by atoms with Gasteiger partial charge in [-0.25, -0.2) is 0 Å². The topological polar surface area (TPSA) is 31.2 Å². The Kier molecular flexibility index (Phi) is 5.04. The first-order valence-electron chi connectivity index (χ1n) is 7.37. The van der Waals surface area contributed by atoms with Crippen LogP contribution in [0.25, 0.3) is 10.9 Å². The maximum Gasteiger partial charge on any atom is 0.263 e. The highest BCUT2D eigenvalue weighted by molar-refractivity contribution is 9.11. The van der Waals surface area contributed by atoms with Gasteiger partial charge < -0.3 is 4.74 Å². The van der Waals surface area contributed by atoms with Crippen LogP contribution in [0.5, 0.6) is 5.75 Å². The number of carbonyl (C=O) groups is 1. The number of ether oxygens (including phenoxy) is 1. The summed E-state index contributed by atoms with van der Waals surface area (Å²) in [5, 5.41) is 1.40. The van der Waals surface area contributed by atoms with Gasteiger partial charge >= 0.3 is 0 Å². The predicted molar refractivity (Wildman–Crippen MR) is 104 cm³/mol. The van der Waals surface area contributed by atoms with E-state index >= 15 is 0 Å². The van der Waals surface area contributed by atoms with Gasteiger partial charge in [-0.2, -0.15) is 0 Å². The molecule has 0 saturated heterocycles. The van der Waals surface area contributed by atoms with Crippen molar-refractivity contribution in [3.05, 3.63) is 61.6 Å². The average molecular weight is 472 g/mol. The number of halogens is 3. The minimum atomic E-state index is -0.126. The number of aromatic nitrogens is 1. The number of benzene rings is 2. The van der Waals surface area contributed by atoms with Gasteiger partial charge in [-0.05, 0) is 70.0 Å². The Morgan fingerprint density at radius 2 is 1.92 bits per heavy atom. The van der Waals surface area contributed by atoms with Crippen molar-refractivity contribution in [1.82, 2.24) is 4.57 Å². The molecule has 2 aromatic carbocycles. The van der Waals surface area contributed by atoms with Gasteiger partial charge in [0.2, 0.25) is 0 Å². The van der Waals surface area contributed by atoms with Crippen LogP contribution in [0.3, 0.4) is 0 Å². The molecule has 3 aromatic rings. The third-order valence-electron chi connectivity index (χ3n) is 3.76. The Morgan fingerprint density at radius 1 is 1.21 bits per heavy atom. The zero-order valence-corrected chi connectivity index (χ0v) is 17.0. The second kappa shape index (κ2) is 6.90. The number of rotatable bonds is 3. The molecule has 0 amide bonds. The summed E-state index contributed by atoms with van der Waals surface area (Å²) >= 11 is 13.2. The minimum absolute atomic E-state index is 0.126. The van der Waals surface area contributed by atoms with Crippen LogP contribution < -0.4 is 4.74 Å². The number of hydrogen-bond donors (Lipinski definition) is 0. The van der Waals surface area contributed by atoms with Crippen LogP contribution in [-0.2, 0) is 0 Å². The highest BCUT2D eigenvalue weighted by Crippen LogP contribution is 2.39. The molecule has 0 spiro atoms. The molecule has 24 heavy (non-hydrogen) atoms. The van der Waals surface area contributed by atoms with E-state index in [4.69, 9.17) is 16.3 Å². The van der Waals surface area contributed by atoms with Gasteiger partial charge in [0.05, 0.1) is 23.4 Å². The maximum atomic E-state index is 13.2. The zero-order valence-electron chi connectivity index (χ0n) is 13.1. The average Bonchev–Trinajstić information content (AvgIpc) is 2.81. The number of carbonyl (C=O) groups excluding carboxylic acids is 1. The molecule has 3 nitrogen and oxygen atoms in total. The van der Waals surface area contributed by atoms with Gasteiger partial charge in [0.25, 0.3) is 5.91 Å². The zero-order chi connectivity index (χ0) is 17.4. The van der Waals surface area contributed by atoms with Crippen LogP contribution in [0, 0.1) is 6.92 Å². The molecule has 6 heteroatoms. The Morgan fingerprint density at radius 3 is 2.58 bits per heavy atom. The van der Waals surface area contributed by atoms with Crippen LogP contribution in [-0.4, -0.2) is 17.1 Å². The summed E-state index contributed by atoms with van der Waals surface area (Å²) < 4.78 is 8.96. The van der Waals surface area contributed by atoms with Crippen molar-refractivity contribution >= 4 is 60.3 Å². The Balaban J connectivity index is 2.34. The first-order valence-corrected chi connectivity index (χ1v) is 9.34. The maximum absolute atomic E-state index is 13.2. The Labute approximate surface area is 161 Å². The van der Waals surface area contributed by atoms with Gasteiger partial charge in [-0.1, -0.05) is 23.7 Å². The van der Waals surface area contributed by atoms with E-state index in [0.717, 1.165) is 25.5 Å². The lowest BCUT2D eigenvalue weighted by molar-refractivity contribution is 0.0961. The number of nitrogens with zero attached hydrogens (tertiary/aromatic N) is 1. The summed E-state index contributed by atoms with van der Waals surface area (Å²) in [6.07, 6.45) is 0. The lowest BCUT2D eigenvalue weighted by Gasteiger charge is -2.09. The highest BCUT2D eigenvalue weighted by Gasteiger charge is 2.24. The fourth-order valence-electron chi connectivity index (χ4n) is 2.77. The van der Waals surface area contributed by atoms with E-state index in [1.54, 1.807) is 16.7 Å². The van der Waals surface area contributed by atoms with E-state index in [-0.39, 0.29) is 5.91 Å².